The van der Waals surface area contributed by atoms with Crippen molar-refractivity contribution in [3.8, 4) is 5.75 Å². The first-order valence-electron chi connectivity index (χ1n) is 9.22. The molecule has 2 aromatic carbocycles. The molecule has 0 amide bonds. The zero-order valence-electron chi connectivity index (χ0n) is 16.3. The van der Waals surface area contributed by atoms with Crippen LogP contribution in [0.4, 0.5) is 5.69 Å². The van der Waals surface area contributed by atoms with E-state index in [1.165, 1.54) is 11.1 Å². The molecule has 0 radical (unpaired) electrons. The molecular formula is C22H29NO3. The lowest BCUT2D eigenvalue weighted by atomic mass is 9.88. The van der Waals surface area contributed by atoms with Crippen molar-refractivity contribution in [3.05, 3.63) is 59.2 Å². The van der Waals surface area contributed by atoms with Gasteiger partial charge in [0.2, 0.25) is 0 Å². The van der Waals surface area contributed by atoms with Crippen molar-refractivity contribution in [3.63, 3.8) is 0 Å². The maximum atomic E-state index is 6.20. The Kier molecular flexibility index (Phi) is 5.54. The van der Waals surface area contributed by atoms with Crippen molar-refractivity contribution in [2.24, 2.45) is 0 Å². The van der Waals surface area contributed by atoms with Crippen LogP contribution in [0.1, 0.15) is 43.6 Å². The molecule has 3 rings (SSSR count). The highest BCUT2D eigenvalue weighted by Crippen LogP contribution is 2.44. The van der Waals surface area contributed by atoms with Crippen LogP contribution in [0.2, 0.25) is 0 Å². The van der Waals surface area contributed by atoms with Gasteiger partial charge in [-0.25, -0.2) is 0 Å². The Morgan fingerprint density at radius 2 is 1.92 bits per heavy atom. The molecule has 0 saturated heterocycles. The van der Waals surface area contributed by atoms with Crippen LogP contribution in [-0.4, -0.2) is 25.4 Å². The Balaban J connectivity index is 1.86. The molecule has 0 bridgehead atoms. The van der Waals surface area contributed by atoms with Gasteiger partial charge in [0.05, 0.1) is 0 Å². The molecule has 1 aliphatic rings. The number of hydrogen-bond acceptors (Lipinski definition) is 4. The lowest BCUT2D eigenvalue weighted by Crippen LogP contribution is -2.50. The first-order chi connectivity index (χ1) is 12.5. The Morgan fingerprint density at radius 1 is 1.15 bits per heavy atom. The highest BCUT2D eigenvalue weighted by Gasteiger charge is 2.44. The summed E-state index contributed by atoms with van der Waals surface area (Å²) in [6.07, 6.45) is -0.314. The molecule has 0 aliphatic carbocycles. The Hall–Kier alpha value is -2.04. The van der Waals surface area contributed by atoms with Crippen molar-refractivity contribution < 1.29 is 14.2 Å². The van der Waals surface area contributed by atoms with Gasteiger partial charge in [0.15, 0.2) is 0 Å². The third-order valence-electron chi connectivity index (χ3n) is 4.99. The zero-order valence-corrected chi connectivity index (χ0v) is 16.3. The average molecular weight is 355 g/mol. The third kappa shape index (κ3) is 3.71. The Labute approximate surface area is 156 Å². The van der Waals surface area contributed by atoms with Gasteiger partial charge in [-0.05, 0) is 57.0 Å². The first kappa shape index (κ1) is 18.7. The second-order valence-corrected chi connectivity index (χ2v) is 7.27. The van der Waals surface area contributed by atoms with Crippen molar-refractivity contribution in [1.29, 1.82) is 0 Å². The summed E-state index contributed by atoms with van der Waals surface area (Å²) in [6.45, 7) is 9.63. The van der Waals surface area contributed by atoms with Gasteiger partial charge >= 0.3 is 0 Å². The molecule has 4 heteroatoms. The van der Waals surface area contributed by atoms with Crippen LogP contribution in [0, 0.1) is 6.92 Å². The number of methoxy groups -OCH3 is 1. The maximum absolute atomic E-state index is 6.20. The molecule has 1 heterocycles. The predicted molar refractivity (Wildman–Crippen MR) is 105 cm³/mol. The lowest BCUT2D eigenvalue weighted by Gasteiger charge is -2.43. The second-order valence-electron chi connectivity index (χ2n) is 7.27. The molecule has 2 unspecified atom stereocenters. The first-order valence-corrected chi connectivity index (χ1v) is 9.22. The van der Waals surface area contributed by atoms with Crippen molar-refractivity contribution in [2.75, 3.05) is 19.0 Å². The van der Waals surface area contributed by atoms with E-state index in [2.05, 4.69) is 48.6 Å². The van der Waals surface area contributed by atoms with E-state index in [0.29, 0.717) is 6.61 Å². The van der Waals surface area contributed by atoms with Crippen LogP contribution in [0.3, 0.4) is 0 Å². The van der Waals surface area contributed by atoms with Gasteiger partial charge in [0.25, 0.3) is 0 Å². The quantitative estimate of drug-likeness (QED) is 0.802. The maximum Gasteiger partial charge on any atom is 0.132 e. The minimum Gasteiger partial charge on any atom is -0.485 e. The van der Waals surface area contributed by atoms with Crippen LogP contribution in [-0.2, 0) is 16.0 Å². The molecule has 26 heavy (non-hydrogen) atoms. The number of hydrogen-bond donors (Lipinski definition) is 1. The summed E-state index contributed by atoms with van der Waals surface area (Å²) in [5.41, 5.74) is 4.22. The van der Waals surface area contributed by atoms with E-state index in [9.17, 15) is 0 Å². The highest BCUT2D eigenvalue weighted by molar-refractivity contribution is 5.54. The molecule has 0 spiro atoms. The van der Waals surface area contributed by atoms with Gasteiger partial charge in [0, 0.05) is 31.5 Å². The molecule has 1 aliphatic heterocycles. The van der Waals surface area contributed by atoms with E-state index >= 15 is 0 Å². The topological polar surface area (TPSA) is 39.7 Å². The van der Waals surface area contributed by atoms with Crippen molar-refractivity contribution >= 4 is 5.69 Å². The normalized spacial score (nSPS) is 21.0. The minimum absolute atomic E-state index is 0.149. The predicted octanol–water partition coefficient (Wildman–Crippen LogP) is 4.87. The standard InChI is InChI=1S/C22H29NO3/c1-6-25-20-18-13-17(23-14-16-10-8-7-9-15(16)2)11-12-19(18)26-22(3,4)21(20)24-5/h7-13,20-21,23H,6,14H2,1-5H3. The van der Waals surface area contributed by atoms with Gasteiger partial charge in [-0.1, -0.05) is 24.3 Å². The fourth-order valence-corrected chi connectivity index (χ4v) is 3.61. The van der Waals surface area contributed by atoms with Crippen LogP contribution < -0.4 is 10.1 Å². The molecule has 2 aromatic rings. The number of ether oxygens (including phenoxy) is 3. The van der Waals surface area contributed by atoms with Gasteiger partial charge in [-0.2, -0.15) is 0 Å². The number of benzene rings is 2. The summed E-state index contributed by atoms with van der Waals surface area (Å²) in [4.78, 5) is 0. The van der Waals surface area contributed by atoms with Crippen LogP contribution in [0.25, 0.3) is 0 Å². The molecule has 0 aromatic heterocycles. The summed E-state index contributed by atoms with van der Waals surface area (Å²) in [7, 11) is 1.72. The monoisotopic (exact) mass is 355 g/mol. The molecule has 2 atom stereocenters. The van der Waals surface area contributed by atoms with E-state index in [4.69, 9.17) is 14.2 Å². The summed E-state index contributed by atoms with van der Waals surface area (Å²) >= 11 is 0. The molecule has 1 N–H and O–H groups in total. The van der Waals surface area contributed by atoms with Crippen molar-refractivity contribution in [2.45, 2.75) is 52.0 Å². The number of aryl methyl sites for hydroxylation is 1. The Bertz CT molecular complexity index is 757. The highest BCUT2D eigenvalue weighted by atomic mass is 16.6. The lowest BCUT2D eigenvalue weighted by molar-refractivity contribution is -0.148. The molecular weight excluding hydrogens is 326 g/mol. The van der Waals surface area contributed by atoms with E-state index in [1.807, 2.05) is 26.8 Å². The van der Waals surface area contributed by atoms with Crippen LogP contribution in [0.5, 0.6) is 5.75 Å². The number of nitrogens with one attached hydrogen (secondary N) is 1. The van der Waals surface area contributed by atoms with Gasteiger partial charge in [0.1, 0.15) is 23.6 Å². The van der Waals surface area contributed by atoms with Crippen LogP contribution >= 0.6 is 0 Å². The van der Waals surface area contributed by atoms with E-state index in [-0.39, 0.29) is 12.2 Å². The zero-order chi connectivity index (χ0) is 18.7. The largest absolute Gasteiger partial charge is 0.485 e. The Morgan fingerprint density at radius 3 is 2.62 bits per heavy atom. The molecule has 140 valence electrons. The summed E-state index contributed by atoms with van der Waals surface area (Å²) in [6, 6.07) is 14.6. The summed E-state index contributed by atoms with van der Waals surface area (Å²) in [5, 5.41) is 3.52. The number of rotatable bonds is 6. The minimum atomic E-state index is -0.447. The van der Waals surface area contributed by atoms with E-state index in [1.54, 1.807) is 7.11 Å². The molecule has 0 fully saturated rings. The second kappa shape index (κ2) is 7.68. The molecule has 4 nitrogen and oxygen atoms in total. The summed E-state index contributed by atoms with van der Waals surface area (Å²) in [5.74, 6) is 0.864. The average Bonchev–Trinajstić information content (AvgIpc) is 2.61. The van der Waals surface area contributed by atoms with Gasteiger partial charge in [-0.15, -0.1) is 0 Å². The summed E-state index contributed by atoms with van der Waals surface area (Å²) < 4.78 is 18.0. The van der Waals surface area contributed by atoms with Crippen molar-refractivity contribution in [1.82, 2.24) is 0 Å². The fourth-order valence-electron chi connectivity index (χ4n) is 3.61. The van der Waals surface area contributed by atoms with Crippen LogP contribution in [0.15, 0.2) is 42.5 Å². The number of anilines is 1. The molecule has 0 saturated carbocycles. The van der Waals surface area contributed by atoms with Gasteiger partial charge in [-0.3, -0.25) is 0 Å². The number of fused-ring (bicyclic) bond motifs is 1. The fraction of sp³-hybridized carbons (Fsp3) is 0.455. The smallest absolute Gasteiger partial charge is 0.132 e. The van der Waals surface area contributed by atoms with Gasteiger partial charge < -0.3 is 19.5 Å². The van der Waals surface area contributed by atoms with E-state index in [0.717, 1.165) is 23.5 Å². The van der Waals surface area contributed by atoms with E-state index < -0.39 is 5.60 Å². The SMILES string of the molecule is CCOC1c2cc(NCc3ccccc3C)ccc2OC(C)(C)C1OC. The third-order valence-corrected chi connectivity index (χ3v) is 4.99.